The van der Waals surface area contributed by atoms with Gasteiger partial charge < -0.3 is 4.57 Å². The van der Waals surface area contributed by atoms with Crippen molar-refractivity contribution < 1.29 is 4.90 Å². The first kappa shape index (κ1) is 14.7. The van der Waals surface area contributed by atoms with E-state index in [4.69, 9.17) is 0 Å². The van der Waals surface area contributed by atoms with Gasteiger partial charge in [-0.1, -0.05) is 60.7 Å². The van der Waals surface area contributed by atoms with Crippen LogP contribution in [0.25, 0.3) is 5.57 Å². The summed E-state index contributed by atoms with van der Waals surface area (Å²) in [6, 6.07) is 23.4. The monoisotopic (exact) mass is 313 g/mol. The molecule has 0 spiro atoms. The van der Waals surface area contributed by atoms with E-state index in [1.807, 2.05) is 0 Å². The third kappa shape index (κ3) is 3.39. The second-order valence-electron chi connectivity index (χ2n) is 6.23. The molecular weight excluding hydrogens is 292 g/mol. The highest BCUT2D eigenvalue weighted by Crippen LogP contribution is 2.17. The third-order valence-electron chi connectivity index (χ3n) is 4.36. The van der Waals surface area contributed by atoms with Gasteiger partial charge in [0.25, 0.3) is 0 Å². The molecule has 3 aromatic rings. The highest BCUT2D eigenvalue weighted by molar-refractivity contribution is 5.73. The van der Waals surface area contributed by atoms with Gasteiger partial charge >= 0.3 is 0 Å². The molecule has 1 aliphatic heterocycles. The van der Waals surface area contributed by atoms with Crippen LogP contribution >= 0.6 is 0 Å². The van der Waals surface area contributed by atoms with E-state index in [0.717, 1.165) is 13.1 Å². The second kappa shape index (κ2) is 6.73. The molecule has 24 heavy (non-hydrogen) atoms. The summed E-state index contributed by atoms with van der Waals surface area (Å²) in [4.78, 5) is 1.37. The van der Waals surface area contributed by atoms with Crippen LogP contribution in [-0.2, 0) is 13.1 Å². The summed E-state index contributed by atoms with van der Waals surface area (Å²) in [5, 5.41) is 0. The molecule has 1 N–H and O–H groups in total. The Balaban J connectivity index is 1.45. The fraction of sp³-hybridized carbons (Fsp3) is 0.0909. The molecule has 0 aliphatic carbocycles. The number of benzene rings is 2. The lowest BCUT2D eigenvalue weighted by atomic mass is 10.1. The van der Waals surface area contributed by atoms with Crippen LogP contribution < -0.4 is 4.90 Å². The van der Waals surface area contributed by atoms with Gasteiger partial charge in [-0.15, -0.1) is 0 Å². The van der Waals surface area contributed by atoms with Gasteiger partial charge in [0.15, 0.2) is 0 Å². The number of quaternary nitrogens is 1. The molecular formula is C22H21N2+. The maximum absolute atomic E-state index is 2.30. The van der Waals surface area contributed by atoms with Crippen LogP contribution in [0.5, 0.6) is 0 Å². The predicted molar refractivity (Wildman–Crippen MR) is 98.2 cm³/mol. The van der Waals surface area contributed by atoms with E-state index in [9.17, 15) is 0 Å². The first-order chi connectivity index (χ1) is 11.9. The molecule has 0 amide bonds. The first-order valence-electron chi connectivity index (χ1n) is 8.36. The van der Waals surface area contributed by atoms with Crippen molar-refractivity contribution in [3.63, 3.8) is 0 Å². The van der Waals surface area contributed by atoms with Crippen molar-refractivity contribution in [3.8, 4) is 0 Å². The maximum Gasteiger partial charge on any atom is 0.111 e. The normalized spacial score (nSPS) is 16.3. The van der Waals surface area contributed by atoms with Crippen LogP contribution in [0.3, 0.4) is 0 Å². The van der Waals surface area contributed by atoms with Crippen LogP contribution in [0.1, 0.15) is 16.7 Å². The Morgan fingerprint density at radius 2 is 1.50 bits per heavy atom. The molecule has 1 atom stereocenters. The average molecular weight is 313 g/mol. The summed E-state index contributed by atoms with van der Waals surface area (Å²) in [7, 11) is 0. The minimum atomic E-state index is 0.915. The van der Waals surface area contributed by atoms with Gasteiger partial charge in [0.05, 0.1) is 6.20 Å². The van der Waals surface area contributed by atoms with Crippen LogP contribution in [0.15, 0.2) is 97.6 Å². The summed E-state index contributed by atoms with van der Waals surface area (Å²) in [5.74, 6) is 0. The molecule has 4 rings (SSSR count). The van der Waals surface area contributed by atoms with Crippen molar-refractivity contribution >= 4 is 5.57 Å². The van der Waals surface area contributed by atoms with Crippen molar-refractivity contribution in [2.45, 2.75) is 13.1 Å². The number of nitrogens with one attached hydrogen (secondary N) is 1. The lowest BCUT2D eigenvalue weighted by Crippen LogP contribution is -3.00. The van der Waals surface area contributed by atoms with Gasteiger partial charge in [0.2, 0.25) is 0 Å². The SMILES string of the molecule is C1=C[NH+](Cc2ccccc2)C=C1c1ccn(Cc2ccccc2)c1. The topological polar surface area (TPSA) is 9.37 Å². The van der Waals surface area contributed by atoms with Crippen molar-refractivity contribution in [2.75, 3.05) is 0 Å². The van der Waals surface area contributed by atoms with Crippen molar-refractivity contribution in [2.24, 2.45) is 0 Å². The van der Waals surface area contributed by atoms with E-state index >= 15 is 0 Å². The Hall–Kier alpha value is -2.84. The molecule has 0 saturated carbocycles. The second-order valence-corrected chi connectivity index (χ2v) is 6.23. The van der Waals surface area contributed by atoms with Gasteiger partial charge in [-0.25, -0.2) is 0 Å². The summed E-state index contributed by atoms with van der Waals surface area (Å²) in [5.41, 5.74) is 5.27. The lowest BCUT2D eigenvalue weighted by Gasteiger charge is -2.06. The van der Waals surface area contributed by atoms with E-state index in [0.29, 0.717) is 0 Å². The van der Waals surface area contributed by atoms with Gasteiger partial charge in [0, 0.05) is 41.7 Å². The fourth-order valence-electron chi connectivity index (χ4n) is 3.12. The summed E-state index contributed by atoms with van der Waals surface area (Å²) < 4.78 is 2.24. The molecule has 0 fully saturated rings. The molecule has 2 aromatic carbocycles. The Kier molecular flexibility index (Phi) is 4.13. The molecule has 1 aliphatic rings. The Morgan fingerprint density at radius 1 is 0.792 bits per heavy atom. The largest absolute Gasteiger partial charge is 0.349 e. The van der Waals surface area contributed by atoms with Gasteiger partial charge in [-0.3, -0.25) is 4.90 Å². The van der Waals surface area contributed by atoms with E-state index in [-0.39, 0.29) is 0 Å². The maximum atomic E-state index is 2.30. The zero-order valence-corrected chi connectivity index (χ0v) is 13.6. The minimum absolute atomic E-state index is 0.915. The number of rotatable bonds is 5. The highest BCUT2D eigenvalue weighted by atomic mass is 15.1. The molecule has 0 bridgehead atoms. The molecule has 1 unspecified atom stereocenters. The highest BCUT2D eigenvalue weighted by Gasteiger charge is 2.14. The zero-order chi connectivity index (χ0) is 16.2. The standard InChI is InChI=1S/C22H20N2/c1-3-7-19(8-4-1)15-23-13-11-21(17-23)22-12-14-24(18-22)16-20-9-5-2-6-10-20/h1-14,17-18H,15-16H2/p+1. The van der Waals surface area contributed by atoms with Crippen LogP contribution in [-0.4, -0.2) is 4.57 Å². The first-order valence-corrected chi connectivity index (χ1v) is 8.36. The molecule has 0 saturated heterocycles. The predicted octanol–water partition coefficient (Wildman–Crippen LogP) is 3.49. The Morgan fingerprint density at radius 3 is 2.25 bits per heavy atom. The minimum Gasteiger partial charge on any atom is -0.349 e. The molecule has 1 aromatic heterocycles. The van der Waals surface area contributed by atoms with Crippen molar-refractivity contribution in [1.82, 2.24) is 4.57 Å². The number of aromatic nitrogens is 1. The Bertz CT molecular complexity index is 857. The quantitative estimate of drug-likeness (QED) is 0.738. The van der Waals surface area contributed by atoms with Gasteiger partial charge in [-0.2, -0.15) is 0 Å². The fourth-order valence-corrected chi connectivity index (χ4v) is 3.12. The van der Waals surface area contributed by atoms with Crippen molar-refractivity contribution in [1.29, 1.82) is 0 Å². The summed E-state index contributed by atoms with van der Waals surface area (Å²) >= 11 is 0. The number of hydrogen-bond donors (Lipinski definition) is 1. The van der Waals surface area contributed by atoms with Crippen molar-refractivity contribution in [3.05, 3.63) is 114 Å². The van der Waals surface area contributed by atoms with Crippen LogP contribution in [0.2, 0.25) is 0 Å². The average Bonchev–Trinajstić information content (AvgIpc) is 3.26. The molecule has 118 valence electrons. The summed E-state index contributed by atoms with van der Waals surface area (Å²) in [6.45, 7) is 1.91. The lowest BCUT2D eigenvalue weighted by molar-refractivity contribution is -0.802. The smallest absolute Gasteiger partial charge is 0.111 e. The Labute approximate surface area is 143 Å². The number of allylic oxidation sites excluding steroid dienone is 2. The third-order valence-corrected chi connectivity index (χ3v) is 4.36. The molecule has 2 heteroatoms. The van der Waals surface area contributed by atoms with Crippen LogP contribution in [0.4, 0.5) is 0 Å². The van der Waals surface area contributed by atoms with E-state index in [1.54, 1.807) is 0 Å². The van der Waals surface area contributed by atoms with E-state index in [1.165, 1.54) is 27.2 Å². The van der Waals surface area contributed by atoms with E-state index in [2.05, 4.69) is 102 Å². The van der Waals surface area contributed by atoms with Gasteiger partial charge in [-0.05, 0) is 11.6 Å². The van der Waals surface area contributed by atoms with Crippen LogP contribution in [0, 0.1) is 0 Å². The van der Waals surface area contributed by atoms with E-state index < -0.39 is 0 Å². The molecule has 2 nitrogen and oxygen atoms in total. The molecule has 2 heterocycles. The molecule has 0 radical (unpaired) electrons. The number of nitrogens with zero attached hydrogens (tertiary/aromatic N) is 1. The number of hydrogen-bond acceptors (Lipinski definition) is 0. The summed E-state index contributed by atoms with van der Waals surface area (Å²) in [6.07, 6.45) is 11.1. The zero-order valence-electron chi connectivity index (χ0n) is 13.6. The van der Waals surface area contributed by atoms with Gasteiger partial charge in [0.1, 0.15) is 12.7 Å².